The molecule has 0 aliphatic heterocycles. The highest BCUT2D eigenvalue weighted by molar-refractivity contribution is 5.91. The van der Waals surface area contributed by atoms with Crippen molar-refractivity contribution in [1.29, 1.82) is 0 Å². The molecule has 7 nitrogen and oxygen atoms in total. The van der Waals surface area contributed by atoms with E-state index in [4.69, 9.17) is 9.47 Å². The summed E-state index contributed by atoms with van der Waals surface area (Å²) in [6.07, 6.45) is -1.59. The third-order valence-corrected chi connectivity index (χ3v) is 4.29. The van der Waals surface area contributed by atoms with Gasteiger partial charge in [-0.3, -0.25) is 4.79 Å². The van der Waals surface area contributed by atoms with Crippen LogP contribution >= 0.6 is 0 Å². The lowest BCUT2D eigenvalue weighted by Gasteiger charge is -2.09. The molecule has 0 aliphatic carbocycles. The van der Waals surface area contributed by atoms with E-state index in [1.165, 1.54) is 30.3 Å². The smallest absolute Gasteiger partial charge is 0.389 e. The summed E-state index contributed by atoms with van der Waals surface area (Å²) in [6, 6.07) is 12.5. The lowest BCUT2D eigenvalue weighted by Crippen LogP contribution is -2.10. The zero-order chi connectivity index (χ0) is 27.7. The van der Waals surface area contributed by atoms with Gasteiger partial charge in [-0.05, 0) is 61.4 Å². The minimum atomic E-state index is -4.19. The zero-order valence-corrected chi connectivity index (χ0v) is 20.6. The predicted octanol–water partition coefficient (Wildman–Crippen LogP) is 5.59. The molecule has 0 radical (unpaired) electrons. The van der Waals surface area contributed by atoms with Gasteiger partial charge in [-0.1, -0.05) is 24.8 Å². The highest BCUT2D eigenvalue weighted by atomic mass is 19.4. The number of benzene rings is 2. The van der Waals surface area contributed by atoms with E-state index in [0.29, 0.717) is 36.6 Å². The standard InChI is InChI=1S/C20H17F3O4.C7H12O3/c21-20(22,23)12-2-14-26-17-10-6-16(7-11-17)19(25)27-18-8-4-15(5-9-18)3-1-13-24;1-6(2)7(8)10-5-4-9-3/h1,3-11,13H,2,12,14H2;1,4-5H2,2-3H3/b3-1+;. The first-order valence-corrected chi connectivity index (χ1v) is 11.1. The van der Waals surface area contributed by atoms with E-state index in [2.05, 4.69) is 16.1 Å². The molecule has 0 aromatic heterocycles. The van der Waals surface area contributed by atoms with Crippen LogP contribution < -0.4 is 9.47 Å². The summed E-state index contributed by atoms with van der Waals surface area (Å²) in [7, 11) is 1.55. The summed E-state index contributed by atoms with van der Waals surface area (Å²) in [5.74, 6) is -0.220. The fourth-order valence-electron chi connectivity index (χ4n) is 2.45. The molecular weight excluding hydrogens is 493 g/mol. The summed E-state index contributed by atoms with van der Waals surface area (Å²) in [5.41, 5.74) is 1.48. The molecule has 0 amide bonds. The Bertz CT molecular complexity index is 1030. The quantitative estimate of drug-likeness (QED) is 0.118. The fourth-order valence-corrected chi connectivity index (χ4v) is 2.45. The van der Waals surface area contributed by atoms with Crippen LogP contribution in [0.2, 0.25) is 0 Å². The van der Waals surface area contributed by atoms with E-state index < -0.39 is 18.6 Å². The third-order valence-electron chi connectivity index (χ3n) is 4.29. The molecule has 200 valence electrons. The van der Waals surface area contributed by atoms with Gasteiger partial charge >= 0.3 is 18.1 Å². The van der Waals surface area contributed by atoms with Gasteiger partial charge in [0.05, 0.1) is 18.8 Å². The topological polar surface area (TPSA) is 88.1 Å². The van der Waals surface area contributed by atoms with E-state index in [9.17, 15) is 27.6 Å². The summed E-state index contributed by atoms with van der Waals surface area (Å²) in [6.45, 7) is 5.69. The zero-order valence-electron chi connectivity index (χ0n) is 20.6. The summed E-state index contributed by atoms with van der Waals surface area (Å²) in [4.78, 5) is 33.0. The number of halogens is 3. The monoisotopic (exact) mass is 522 g/mol. The number of ether oxygens (including phenoxy) is 4. The Morgan fingerprint density at radius 1 is 0.946 bits per heavy atom. The van der Waals surface area contributed by atoms with Crippen molar-refractivity contribution in [1.82, 2.24) is 0 Å². The van der Waals surface area contributed by atoms with Crippen molar-refractivity contribution in [3.8, 4) is 11.5 Å². The van der Waals surface area contributed by atoms with Crippen molar-refractivity contribution in [3.63, 3.8) is 0 Å². The molecular formula is C27H29F3O7. The number of allylic oxidation sites excluding steroid dienone is 1. The van der Waals surface area contributed by atoms with Gasteiger partial charge in [0.2, 0.25) is 0 Å². The van der Waals surface area contributed by atoms with Gasteiger partial charge in [-0.2, -0.15) is 13.2 Å². The van der Waals surface area contributed by atoms with Crippen LogP contribution in [0.15, 0.2) is 66.8 Å². The first kappa shape index (κ1) is 31.1. The van der Waals surface area contributed by atoms with Crippen molar-refractivity contribution in [2.24, 2.45) is 0 Å². The van der Waals surface area contributed by atoms with Crippen LogP contribution in [0.25, 0.3) is 6.08 Å². The minimum absolute atomic E-state index is 0.0613. The van der Waals surface area contributed by atoms with Crippen LogP contribution in [0.1, 0.15) is 35.7 Å². The highest BCUT2D eigenvalue weighted by Gasteiger charge is 2.26. The Labute approximate surface area is 213 Å². The fraction of sp³-hybridized carbons (Fsp3) is 0.296. The summed E-state index contributed by atoms with van der Waals surface area (Å²) in [5, 5.41) is 0. The molecule has 0 aliphatic rings. The second-order valence-corrected chi connectivity index (χ2v) is 7.45. The number of carbonyl (C=O) groups is 3. The van der Waals surface area contributed by atoms with Crippen molar-refractivity contribution in [2.75, 3.05) is 26.9 Å². The summed E-state index contributed by atoms with van der Waals surface area (Å²) >= 11 is 0. The lowest BCUT2D eigenvalue weighted by atomic mass is 10.2. The van der Waals surface area contributed by atoms with Gasteiger partial charge in [0.25, 0.3) is 0 Å². The Morgan fingerprint density at radius 3 is 2.11 bits per heavy atom. The van der Waals surface area contributed by atoms with Crippen molar-refractivity contribution in [2.45, 2.75) is 25.9 Å². The number of hydrogen-bond donors (Lipinski definition) is 0. The maximum Gasteiger partial charge on any atom is 0.389 e. The summed E-state index contributed by atoms with van der Waals surface area (Å²) < 4.78 is 56.0. The minimum Gasteiger partial charge on any atom is -0.494 e. The van der Waals surface area contributed by atoms with E-state index in [1.54, 1.807) is 44.4 Å². The molecule has 0 heterocycles. The maximum atomic E-state index is 12.1. The number of methoxy groups -OCH3 is 1. The number of carbonyl (C=O) groups excluding carboxylic acids is 3. The van der Waals surface area contributed by atoms with E-state index in [-0.39, 0.29) is 24.6 Å². The normalized spacial score (nSPS) is 10.7. The first-order valence-electron chi connectivity index (χ1n) is 11.1. The van der Waals surface area contributed by atoms with Gasteiger partial charge in [-0.15, -0.1) is 0 Å². The van der Waals surface area contributed by atoms with E-state index in [0.717, 1.165) is 5.56 Å². The van der Waals surface area contributed by atoms with Crippen LogP contribution in [0.4, 0.5) is 13.2 Å². The Hall–Kier alpha value is -3.92. The average Bonchev–Trinajstić information content (AvgIpc) is 2.86. The predicted molar refractivity (Wildman–Crippen MR) is 131 cm³/mol. The molecule has 0 bridgehead atoms. The second-order valence-electron chi connectivity index (χ2n) is 7.45. The van der Waals surface area contributed by atoms with Crippen LogP contribution in [-0.2, 0) is 19.1 Å². The average molecular weight is 523 g/mol. The van der Waals surface area contributed by atoms with Crippen molar-refractivity contribution >= 4 is 24.3 Å². The van der Waals surface area contributed by atoms with Gasteiger partial charge in [-0.25, -0.2) is 9.59 Å². The molecule has 10 heteroatoms. The van der Waals surface area contributed by atoms with Gasteiger partial charge in [0.15, 0.2) is 0 Å². The van der Waals surface area contributed by atoms with Crippen molar-refractivity contribution in [3.05, 3.63) is 77.9 Å². The molecule has 0 unspecified atom stereocenters. The van der Waals surface area contributed by atoms with Gasteiger partial charge in [0, 0.05) is 19.1 Å². The number of hydrogen-bond acceptors (Lipinski definition) is 7. The van der Waals surface area contributed by atoms with Crippen molar-refractivity contribution < 1.29 is 46.5 Å². The molecule has 0 N–H and O–H groups in total. The van der Waals surface area contributed by atoms with Gasteiger partial charge < -0.3 is 18.9 Å². The van der Waals surface area contributed by atoms with E-state index >= 15 is 0 Å². The molecule has 0 spiro atoms. The second kappa shape index (κ2) is 16.7. The Balaban J connectivity index is 0.000000580. The molecule has 0 saturated carbocycles. The molecule has 2 rings (SSSR count). The van der Waals surface area contributed by atoms with Crippen LogP contribution in [0, 0.1) is 0 Å². The van der Waals surface area contributed by atoms with Crippen LogP contribution in [0.3, 0.4) is 0 Å². The Kier molecular flexibility index (Phi) is 14.0. The molecule has 0 saturated heterocycles. The Morgan fingerprint density at radius 2 is 1.57 bits per heavy atom. The SMILES string of the molecule is C=C(C)C(=O)OCCOC.O=C/C=C/c1ccc(OC(=O)c2ccc(OCCCC(F)(F)F)cc2)cc1. The molecule has 37 heavy (non-hydrogen) atoms. The first-order chi connectivity index (χ1) is 17.6. The third kappa shape index (κ3) is 14.3. The largest absolute Gasteiger partial charge is 0.494 e. The molecule has 0 fully saturated rings. The number of aldehydes is 1. The molecule has 0 atom stereocenters. The maximum absolute atomic E-state index is 12.1. The molecule has 2 aromatic rings. The van der Waals surface area contributed by atoms with E-state index in [1.807, 2.05) is 0 Å². The number of rotatable bonds is 12. The highest BCUT2D eigenvalue weighted by Crippen LogP contribution is 2.22. The van der Waals surface area contributed by atoms with Crippen LogP contribution in [0.5, 0.6) is 11.5 Å². The molecule has 2 aromatic carbocycles. The number of alkyl halides is 3. The van der Waals surface area contributed by atoms with Crippen LogP contribution in [-0.4, -0.2) is 51.3 Å². The van der Waals surface area contributed by atoms with Gasteiger partial charge in [0.1, 0.15) is 24.4 Å². The lowest BCUT2D eigenvalue weighted by molar-refractivity contribution is -0.140. The number of esters is 2.